The molecule has 1 unspecified atom stereocenters. The number of aromatic nitrogens is 2. The summed E-state index contributed by atoms with van der Waals surface area (Å²) in [7, 11) is 0. The number of likely N-dealkylation sites (tertiary alicyclic amines) is 1. The van der Waals surface area contributed by atoms with Crippen molar-refractivity contribution in [3.05, 3.63) is 11.8 Å². The van der Waals surface area contributed by atoms with Gasteiger partial charge < -0.3 is 9.52 Å². The Morgan fingerprint density at radius 3 is 2.72 bits per heavy atom. The summed E-state index contributed by atoms with van der Waals surface area (Å²) in [6.45, 7) is 9.41. The minimum atomic E-state index is -0.683. The van der Waals surface area contributed by atoms with E-state index < -0.39 is 5.60 Å². The fourth-order valence-electron chi connectivity index (χ4n) is 2.55. The van der Waals surface area contributed by atoms with Crippen LogP contribution in [0.1, 0.15) is 58.2 Å². The molecule has 0 aliphatic carbocycles. The monoisotopic (exact) mass is 253 g/mol. The minimum Gasteiger partial charge on any atom is -0.424 e. The molecule has 1 aliphatic heterocycles. The normalized spacial score (nSPS) is 22.0. The predicted octanol–water partition coefficient (Wildman–Crippen LogP) is 1.93. The molecule has 0 saturated carbocycles. The van der Waals surface area contributed by atoms with E-state index in [-0.39, 0.29) is 12.0 Å². The Morgan fingerprint density at radius 2 is 2.17 bits per heavy atom. The zero-order chi connectivity index (χ0) is 13.3. The maximum absolute atomic E-state index is 10.2. The van der Waals surface area contributed by atoms with Gasteiger partial charge in [0, 0.05) is 12.0 Å². The lowest BCUT2D eigenvalue weighted by Crippen LogP contribution is -2.45. The van der Waals surface area contributed by atoms with Crippen molar-refractivity contribution in [2.45, 2.75) is 64.6 Å². The van der Waals surface area contributed by atoms with E-state index in [0.717, 1.165) is 19.4 Å². The minimum absolute atomic E-state index is 0.173. The van der Waals surface area contributed by atoms with Gasteiger partial charge in [0.05, 0.1) is 12.1 Å². The van der Waals surface area contributed by atoms with Crippen LogP contribution in [0.2, 0.25) is 0 Å². The maximum Gasteiger partial charge on any atom is 0.230 e. The first kappa shape index (κ1) is 13.5. The van der Waals surface area contributed by atoms with Crippen LogP contribution in [0.3, 0.4) is 0 Å². The second kappa shape index (κ2) is 4.97. The molecule has 1 atom stereocenters. The van der Waals surface area contributed by atoms with Gasteiger partial charge >= 0.3 is 0 Å². The van der Waals surface area contributed by atoms with Crippen molar-refractivity contribution in [2.75, 3.05) is 6.54 Å². The van der Waals surface area contributed by atoms with Crippen molar-refractivity contribution in [1.29, 1.82) is 0 Å². The predicted molar refractivity (Wildman–Crippen MR) is 68.1 cm³/mol. The maximum atomic E-state index is 10.2. The first-order valence-electron chi connectivity index (χ1n) is 6.66. The van der Waals surface area contributed by atoms with E-state index in [1.165, 1.54) is 0 Å². The van der Waals surface area contributed by atoms with Crippen LogP contribution in [0.25, 0.3) is 0 Å². The molecule has 0 spiro atoms. The molecule has 5 heteroatoms. The van der Waals surface area contributed by atoms with E-state index >= 15 is 0 Å². The van der Waals surface area contributed by atoms with Gasteiger partial charge in [-0.2, -0.15) is 0 Å². The van der Waals surface area contributed by atoms with Crippen LogP contribution in [-0.2, 0) is 6.54 Å². The highest BCUT2D eigenvalue weighted by atomic mass is 16.4. The summed E-state index contributed by atoms with van der Waals surface area (Å²) < 4.78 is 5.62. The highest BCUT2D eigenvalue weighted by molar-refractivity contribution is 4.94. The van der Waals surface area contributed by atoms with Crippen molar-refractivity contribution >= 4 is 0 Å². The van der Waals surface area contributed by atoms with E-state index in [1.54, 1.807) is 0 Å². The van der Waals surface area contributed by atoms with Crippen LogP contribution in [0.15, 0.2) is 4.42 Å². The van der Waals surface area contributed by atoms with Crippen molar-refractivity contribution in [3.8, 4) is 0 Å². The molecule has 102 valence electrons. The van der Waals surface area contributed by atoms with E-state index in [1.807, 2.05) is 27.7 Å². The third-order valence-electron chi connectivity index (χ3n) is 3.49. The van der Waals surface area contributed by atoms with Crippen molar-refractivity contribution in [3.63, 3.8) is 0 Å². The fraction of sp³-hybridized carbons (Fsp3) is 0.846. The molecule has 1 aromatic rings. The summed E-state index contributed by atoms with van der Waals surface area (Å²) >= 11 is 0. The van der Waals surface area contributed by atoms with Crippen LogP contribution >= 0.6 is 0 Å². The molecule has 0 aromatic carbocycles. The second-order valence-corrected chi connectivity index (χ2v) is 5.97. The van der Waals surface area contributed by atoms with Gasteiger partial charge in [-0.15, -0.1) is 10.2 Å². The zero-order valence-electron chi connectivity index (χ0n) is 11.7. The third-order valence-corrected chi connectivity index (χ3v) is 3.49. The lowest BCUT2D eigenvalue weighted by molar-refractivity contribution is -0.00738. The SMILES string of the molecule is CC(C)c1nnc(CN2CCCC2C(C)(C)O)o1. The van der Waals surface area contributed by atoms with E-state index in [2.05, 4.69) is 15.1 Å². The largest absolute Gasteiger partial charge is 0.424 e. The van der Waals surface area contributed by atoms with Crippen LogP contribution in [0.5, 0.6) is 0 Å². The molecule has 1 fully saturated rings. The average Bonchev–Trinajstić information content (AvgIpc) is 2.85. The topological polar surface area (TPSA) is 62.4 Å². The van der Waals surface area contributed by atoms with Gasteiger partial charge in [0.1, 0.15) is 0 Å². The van der Waals surface area contributed by atoms with E-state index in [9.17, 15) is 5.11 Å². The van der Waals surface area contributed by atoms with Gasteiger partial charge in [0.2, 0.25) is 11.8 Å². The standard InChI is InChI=1S/C13H23N3O2/c1-9(2)12-15-14-11(18-12)8-16-7-5-6-10(16)13(3,4)17/h9-10,17H,5-8H2,1-4H3. The number of nitrogens with zero attached hydrogens (tertiary/aromatic N) is 3. The van der Waals surface area contributed by atoms with Gasteiger partial charge in [-0.1, -0.05) is 13.8 Å². The van der Waals surface area contributed by atoms with Gasteiger partial charge in [0.25, 0.3) is 0 Å². The Balaban J connectivity index is 2.04. The Labute approximate surface area is 108 Å². The number of hydrogen-bond acceptors (Lipinski definition) is 5. The molecule has 1 saturated heterocycles. The van der Waals surface area contributed by atoms with Crippen LogP contribution in [0, 0.1) is 0 Å². The second-order valence-electron chi connectivity index (χ2n) is 5.97. The van der Waals surface area contributed by atoms with Gasteiger partial charge in [-0.3, -0.25) is 4.90 Å². The molecule has 2 rings (SSSR count). The molecule has 0 radical (unpaired) electrons. The first-order chi connectivity index (χ1) is 8.38. The Hall–Kier alpha value is -0.940. The first-order valence-corrected chi connectivity index (χ1v) is 6.66. The van der Waals surface area contributed by atoms with Gasteiger partial charge in [-0.25, -0.2) is 0 Å². The lowest BCUT2D eigenvalue weighted by Gasteiger charge is -2.32. The third kappa shape index (κ3) is 2.90. The highest BCUT2D eigenvalue weighted by Crippen LogP contribution is 2.28. The summed E-state index contributed by atoms with van der Waals surface area (Å²) in [5.41, 5.74) is -0.683. The Bertz CT molecular complexity index is 395. The summed E-state index contributed by atoms with van der Waals surface area (Å²) in [5.74, 6) is 1.59. The smallest absolute Gasteiger partial charge is 0.230 e. The highest BCUT2D eigenvalue weighted by Gasteiger charge is 2.36. The number of hydrogen-bond donors (Lipinski definition) is 1. The molecule has 2 heterocycles. The number of aliphatic hydroxyl groups is 1. The fourth-order valence-corrected chi connectivity index (χ4v) is 2.55. The van der Waals surface area contributed by atoms with E-state index in [0.29, 0.717) is 18.3 Å². The molecule has 1 aliphatic rings. The summed E-state index contributed by atoms with van der Waals surface area (Å²) in [6, 6.07) is 0.173. The van der Waals surface area contributed by atoms with E-state index in [4.69, 9.17) is 4.42 Å². The molecule has 1 N–H and O–H groups in total. The van der Waals surface area contributed by atoms with Crippen LogP contribution < -0.4 is 0 Å². The van der Waals surface area contributed by atoms with Crippen molar-refractivity contribution in [1.82, 2.24) is 15.1 Å². The van der Waals surface area contributed by atoms with Gasteiger partial charge in [0.15, 0.2) is 0 Å². The van der Waals surface area contributed by atoms with Gasteiger partial charge in [-0.05, 0) is 33.2 Å². The molecule has 1 aromatic heterocycles. The summed E-state index contributed by atoms with van der Waals surface area (Å²) in [4.78, 5) is 2.23. The van der Waals surface area contributed by atoms with Crippen LogP contribution in [0.4, 0.5) is 0 Å². The Morgan fingerprint density at radius 1 is 1.44 bits per heavy atom. The molecular weight excluding hydrogens is 230 g/mol. The summed E-state index contributed by atoms with van der Waals surface area (Å²) in [5, 5.41) is 18.3. The molecular formula is C13H23N3O2. The van der Waals surface area contributed by atoms with Crippen molar-refractivity contribution < 1.29 is 9.52 Å². The average molecular weight is 253 g/mol. The van der Waals surface area contributed by atoms with Crippen LogP contribution in [-0.4, -0.2) is 38.4 Å². The Kier molecular flexibility index (Phi) is 3.73. The van der Waals surface area contributed by atoms with Crippen molar-refractivity contribution in [2.24, 2.45) is 0 Å². The summed E-state index contributed by atoms with van der Waals surface area (Å²) in [6.07, 6.45) is 2.13. The lowest BCUT2D eigenvalue weighted by atomic mass is 9.97. The molecule has 18 heavy (non-hydrogen) atoms. The number of rotatable bonds is 4. The molecule has 0 amide bonds. The quantitative estimate of drug-likeness (QED) is 0.888. The molecule has 0 bridgehead atoms. The molecule has 5 nitrogen and oxygen atoms in total. The zero-order valence-corrected chi connectivity index (χ0v) is 11.7.